The Morgan fingerprint density at radius 3 is 2.12 bits per heavy atom. The van der Waals surface area contributed by atoms with E-state index in [-0.39, 0.29) is 23.5 Å². The van der Waals surface area contributed by atoms with Gasteiger partial charge in [-0.3, -0.25) is 14.5 Å². The quantitative estimate of drug-likeness (QED) is 0.677. The summed E-state index contributed by atoms with van der Waals surface area (Å²) >= 11 is 0. The minimum absolute atomic E-state index is 0.114. The van der Waals surface area contributed by atoms with E-state index in [0.717, 1.165) is 10.5 Å². The average molecular weight is 221 g/mol. The van der Waals surface area contributed by atoms with Gasteiger partial charge in [-0.2, -0.15) is 0 Å². The molecule has 1 saturated heterocycles. The van der Waals surface area contributed by atoms with Crippen LogP contribution in [0, 0.1) is 5.82 Å². The molecule has 3 nitrogen and oxygen atoms in total. The normalized spacial score (nSPS) is 18.0. The van der Waals surface area contributed by atoms with Gasteiger partial charge in [0.15, 0.2) is 0 Å². The highest BCUT2D eigenvalue weighted by Gasteiger charge is 2.30. The van der Waals surface area contributed by atoms with Crippen LogP contribution in [0.2, 0.25) is 0 Å². The van der Waals surface area contributed by atoms with E-state index < -0.39 is 0 Å². The molecule has 0 spiro atoms. The number of carbonyl (C=O) groups is 2. The Bertz CT molecular complexity index is 409. The summed E-state index contributed by atoms with van der Waals surface area (Å²) < 4.78 is 12.7. The van der Waals surface area contributed by atoms with Crippen molar-refractivity contribution in [3.63, 3.8) is 0 Å². The second kappa shape index (κ2) is 4.04. The molecule has 1 aromatic carbocycles. The molecule has 16 heavy (non-hydrogen) atoms. The lowest BCUT2D eigenvalue weighted by molar-refractivity contribution is -0.146. The third-order valence-electron chi connectivity index (χ3n) is 2.93. The fourth-order valence-electron chi connectivity index (χ4n) is 1.88. The van der Waals surface area contributed by atoms with Gasteiger partial charge < -0.3 is 0 Å². The van der Waals surface area contributed by atoms with E-state index in [9.17, 15) is 14.0 Å². The number of nitrogens with zero attached hydrogens (tertiary/aromatic N) is 1. The van der Waals surface area contributed by atoms with Crippen molar-refractivity contribution >= 4 is 11.8 Å². The molecule has 1 aromatic rings. The van der Waals surface area contributed by atoms with Crippen LogP contribution in [0.3, 0.4) is 0 Å². The fourth-order valence-corrected chi connectivity index (χ4v) is 1.88. The van der Waals surface area contributed by atoms with E-state index in [1.54, 1.807) is 12.1 Å². The smallest absolute Gasteiger partial charge is 0.229 e. The molecule has 0 bridgehead atoms. The Kier molecular flexibility index (Phi) is 2.73. The third-order valence-corrected chi connectivity index (χ3v) is 2.93. The van der Waals surface area contributed by atoms with Gasteiger partial charge >= 0.3 is 0 Å². The molecule has 1 aliphatic heterocycles. The minimum Gasteiger partial charge on any atom is -0.286 e. The van der Waals surface area contributed by atoms with Crippen LogP contribution in [-0.4, -0.2) is 23.8 Å². The van der Waals surface area contributed by atoms with Crippen molar-refractivity contribution in [2.45, 2.75) is 18.8 Å². The Morgan fingerprint density at radius 2 is 1.62 bits per heavy atom. The molecule has 2 amide bonds. The summed E-state index contributed by atoms with van der Waals surface area (Å²) in [4.78, 5) is 24.1. The molecule has 1 aliphatic rings. The van der Waals surface area contributed by atoms with E-state index in [1.807, 2.05) is 0 Å². The summed E-state index contributed by atoms with van der Waals surface area (Å²) in [7, 11) is 1.49. The van der Waals surface area contributed by atoms with Gasteiger partial charge in [0.25, 0.3) is 0 Å². The van der Waals surface area contributed by atoms with Crippen LogP contribution in [0.1, 0.15) is 24.3 Å². The molecular weight excluding hydrogens is 209 g/mol. The van der Waals surface area contributed by atoms with Gasteiger partial charge in [-0.15, -0.1) is 0 Å². The van der Waals surface area contributed by atoms with E-state index in [4.69, 9.17) is 0 Å². The molecule has 1 fully saturated rings. The lowest BCUT2D eigenvalue weighted by atomic mass is 9.89. The summed E-state index contributed by atoms with van der Waals surface area (Å²) in [6, 6.07) is 5.96. The Morgan fingerprint density at radius 1 is 1.12 bits per heavy atom. The fraction of sp³-hybridized carbons (Fsp3) is 0.333. The van der Waals surface area contributed by atoms with Gasteiger partial charge in [0.05, 0.1) is 0 Å². The predicted molar refractivity (Wildman–Crippen MR) is 56.2 cm³/mol. The standard InChI is InChI=1S/C12H12FNO2/c1-14-11(15)6-9(7-12(14)16)8-2-4-10(13)5-3-8/h2-5,9H,6-7H2,1H3. The van der Waals surface area contributed by atoms with Gasteiger partial charge in [0.2, 0.25) is 11.8 Å². The monoisotopic (exact) mass is 221 g/mol. The van der Waals surface area contributed by atoms with E-state index in [2.05, 4.69) is 0 Å². The van der Waals surface area contributed by atoms with Crippen LogP contribution in [-0.2, 0) is 9.59 Å². The number of piperidine rings is 1. The Balaban J connectivity index is 2.20. The summed E-state index contributed by atoms with van der Waals surface area (Å²) in [5.41, 5.74) is 0.844. The first-order valence-corrected chi connectivity index (χ1v) is 5.13. The second-order valence-electron chi connectivity index (χ2n) is 4.00. The summed E-state index contributed by atoms with van der Waals surface area (Å²) in [5, 5.41) is 0. The summed E-state index contributed by atoms with van der Waals surface area (Å²) in [6.45, 7) is 0. The van der Waals surface area contributed by atoms with Crippen LogP contribution in [0.25, 0.3) is 0 Å². The first-order valence-electron chi connectivity index (χ1n) is 5.13. The van der Waals surface area contributed by atoms with Crippen LogP contribution >= 0.6 is 0 Å². The lowest BCUT2D eigenvalue weighted by Crippen LogP contribution is -2.39. The van der Waals surface area contributed by atoms with Crippen LogP contribution in [0.5, 0.6) is 0 Å². The zero-order chi connectivity index (χ0) is 11.7. The van der Waals surface area contributed by atoms with Gasteiger partial charge in [-0.25, -0.2) is 4.39 Å². The number of amides is 2. The molecule has 0 unspecified atom stereocenters. The molecule has 0 N–H and O–H groups in total. The SMILES string of the molecule is CN1C(=O)CC(c2ccc(F)cc2)CC1=O. The number of halogens is 1. The molecule has 0 atom stereocenters. The van der Waals surface area contributed by atoms with E-state index >= 15 is 0 Å². The number of likely N-dealkylation sites (tertiary alicyclic amines) is 1. The highest BCUT2D eigenvalue weighted by molar-refractivity contribution is 5.98. The zero-order valence-corrected chi connectivity index (χ0v) is 8.94. The topological polar surface area (TPSA) is 37.4 Å². The maximum Gasteiger partial charge on any atom is 0.229 e. The first kappa shape index (κ1) is 10.8. The summed E-state index contributed by atoms with van der Waals surface area (Å²) in [5.74, 6) is -0.776. The predicted octanol–water partition coefficient (Wildman–Crippen LogP) is 1.69. The number of imide groups is 1. The maximum atomic E-state index is 12.7. The van der Waals surface area contributed by atoms with Crippen molar-refractivity contribution in [2.75, 3.05) is 7.05 Å². The van der Waals surface area contributed by atoms with Crippen molar-refractivity contribution in [3.05, 3.63) is 35.6 Å². The third kappa shape index (κ3) is 1.96. The molecule has 84 valence electrons. The van der Waals surface area contributed by atoms with Gasteiger partial charge in [-0.1, -0.05) is 12.1 Å². The molecule has 0 radical (unpaired) electrons. The largest absolute Gasteiger partial charge is 0.286 e. The number of carbonyl (C=O) groups excluding carboxylic acids is 2. The number of hydrogen-bond acceptors (Lipinski definition) is 2. The van der Waals surface area contributed by atoms with Crippen LogP contribution < -0.4 is 0 Å². The molecule has 0 aromatic heterocycles. The molecule has 4 heteroatoms. The van der Waals surface area contributed by atoms with Crippen molar-refractivity contribution in [1.29, 1.82) is 0 Å². The number of benzene rings is 1. The van der Waals surface area contributed by atoms with E-state index in [0.29, 0.717) is 12.8 Å². The molecular formula is C12H12FNO2. The molecule has 0 aliphatic carbocycles. The highest BCUT2D eigenvalue weighted by atomic mass is 19.1. The Labute approximate surface area is 92.9 Å². The van der Waals surface area contributed by atoms with Crippen molar-refractivity contribution in [3.8, 4) is 0 Å². The number of rotatable bonds is 1. The van der Waals surface area contributed by atoms with Crippen LogP contribution in [0.15, 0.2) is 24.3 Å². The molecule has 1 heterocycles. The van der Waals surface area contributed by atoms with Gasteiger partial charge in [-0.05, 0) is 17.7 Å². The Hall–Kier alpha value is -1.71. The summed E-state index contributed by atoms with van der Waals surface area (Å²) in [6.07, 6.45) is 0.627. The molecule has 2 rings (SSSR count). The van der Waals surface area contributed by atoms with E-state index in [1.165, 1.54) is 19.2 Å². The number of hydrogen-bond donors (Lipinski definition) is 0. The first-order chi connectivity index (χ1) is 7.58. The second-order valence-corrected chi connectivity index (χ2v) is 4.00. The van der Waals surface area contributed by atoms with Gasteiger partial charge in [0, 0.05) is 25.8 Å². The van der Waals surface area contributed by atoms with Crippen molar-refractivity contribution in [1.82, 2.24) is 4.90 Å². The van der Waals surface area contributed by atoms with Gasteiger partial charge in [0.1, 0.15) is 5.82 Å². The molecule has 0 saturated carbocycles. The van der Waals surface area contributed by atoms with Crippen molar-refractivity contribution in [2.24, 2.45) is 0 Å². The maximum absolute atomic E-state index is 12.7. The highest BCUT2D eigenvalue weighted by Crippen LogP contribution is 2.28. The minimum atomic E-state index is -0.311. The lowest BCUT2D eigenvalue weighted by Gasteiger charge is -2.27. The zero-order valence-electron chi connectivity index (χ0n) is 8.94. The average Bonchev–Trinajstić information content (AvgIpc) is 2.26. The van der Waals surface area contributed by atoms with Crippen LogP contribution in [0.4, 0.5) is 4.39 Å². The van der Waals surface area contributed by atoms with Crippen molar-refractivity contribution < 1.29 is 14.0 Å².